The average Bonchev–Trinajstić information content (AvgIpc) is 2.32. The molecule has 0 unspecified atom stereocenters. The maximum atomic E-state index is 13.8. The van der Waals surface area contributed by atoms with Crippen molar-refractivity contribution in [1.29, 1.82) is 0 Å². The lowest BCUT2D eigenvalue weighted by atomic mass is 10.1. The number of nitrogens with zero attached hydrogens (tertiary/aromatic N) is 1. The first-order valence-electron chi connectivity index (χ1n) is 5.48. The largest absolute Gasteiger partial charge is 0.347 e. The van der Waals surface area contributed by atoms with E-state index in [9.17, 15) is 4.39 Å². The molecule has 0 atom stereocenters. The molecule has 1 N–H and O–H groups in total. The van der Waals surface area contributed by atoms with Gasteiger partial charge in [-0.15, -0.1) is 0 Å². The number of hydrogen-bond acceptors (Lipinski definition) is 2. The second-order valence-electron chi connectivity index (χ2n) is 4.13. The Morgan fingerprint density at radius 3 is 2.78 bits per heavy atom. The second kappa shape index (κ2) is 5.16. The van der Waals surface area contributed by atoms with Crippen LogP contribution in [0.1, 0.15) is 22.6 Å². The van der Waals surface area contributed by atoms with Crippen LogP contribution >= 0.6 is 23.8 Å². The molecule has 0 aliphatic carbocycles. The van der Waals surface area contributed by atoms with Gasteiger partial charge in [0.2, 0.25) is 0 Å². The third-order valence-electron chi connectivity index (χ3n) is 2.84. The van der Waals surface area contributed by atoms with Crippen LogP contribution in [0.4, 0.5) is 4.39 Å². The Kier molecular flexibility index (Phi) is 3.78. The van der Waals surface area contributed by atoms with Crippen LogP contribution in [0.3, 0.4) is 0 Å². The van der Waals surface area contributed by atoms with E-state index in [1.165, 1.54) is 6.07 Å². The third kappa shape index (κ3) is 2.60. The van der Waals surface area contributed by atoms with Crippen LogP contribution in [0.2, 0.25) is 5.02 Å². The molecule has 0 aliphatic rings. The summed E-state index contributed by atoms with van der Waals surface area (Å²) in [6.07, 6.45) is 0.344. The van der Waals surface area contributed by atoms with E-state index < -0.39 is 5.82 Å². The fourth-order valence-electron chi connectivity index (χ4n) is 1.65. The number of aryl methyl sites for hydroxylation is 1. The summed E-state index contributed by atoms with van der Waals surface area (Å²) in [5, 5.41) is 0.120. The van der Waals surface area contributed by atoms with Crippen LogP contribution in [0, 0.1) is 24.3 Å². The second-order valence-corrected chi connectivity index (χ2v) is 4.92. The van der Waals surface area contributed by atoms with Crippen molar-refractivity contribution >= 4 is 23.8 Å². The molecule has 1 aromatic carbocycles. The van der Waals surface area contributed by atoms with E-state index in [0.29, 0.717) is 22.4 Å². The van der Waals surface area contributed by atoms with Crippen LogP contribution in [0.5, 0.6) is 0 Å². The highest BCUT2D eigenvalue weighted by molar-refractivity contribution is 7.71. The van der Waals surface area contributed by atoms with Gasteiger partial charge in [0.15, 0.2) is 0 Å². The van der Waals surface area contributed by atoms with E-state index in [1.807, 2.05) is 13.8 Å². The zero-order valence-corrected chi connectivity index (χ0v) is 11.6. The Hall–Kier alpha value is -1.26. The molecule has 0 fully saturated rings. The fraction of sp³-hybridized carbons (Fsp3) is 0.231. The molecule has 1 aromatic heterocycles. The average molecular weight is 283 g/mol. The monoisotopic (exact) mass is 282 g/mol. The molecule has 2 aromatic rings. The summed E-state index contributed by atoms with van der Waals surface area (Å²) in [6.45, 7) is 3.83. The zero-order valence-electron chi connectivity index (χ0n) is 10.1. The van der Waals surface area contributed by atoms with Crippen LogP contribution < -0.4 is 0 Å². The van der Waals surface area contributed by atoms with Gasteiger partial charge >= 0.3 is 0 Å². The molecular formula is C13H12ClFN2S. The highest BCUT2D eigenvalue weighted by Gasteiger charge is 2.09. The molecule has 2 nitrogen and oxygen atoms in total. The van der Waals surface area contributed by atoms with Gasteiger partial charge in [0.1, 0.15) is 16.3 Å². The van der Waals surface area contributed by atoms with E-state index in [2.05, 4.69) is 9.97 Å². The standard InChI is InChI=1S/C13H12ClFN2S/c1-7-8(2)16-11(17-13(7)18)6-9-4-3-5-10(14)12(9)15/h3-5H,6H2,1-2H3,(H,16,17,18). The van der Waals surface area contributed by atoms with Crippen molar-refractivity contribution in [3.63, 3.8) is 0 Å². The normalized spacial score (nSPS) is 10.7. The Labute approximate surface area is 115 Å². The third-order valence-corrected chi connectivity index (χ3v) is 3.53. The van der Waals surface area contributed by atoms with Crippen molar-refractivity contribution < 1.29 is 4.39 Å². The van der Waals surface area contributed by atoms with Crippen molar-refractivity contribution in [2.24, 2.45) is 0 Å². The summed E-state index contributed by atoms with van der Waals surface area (Å²) in [5.74, 6) is 0.239. The molecular weight excluding hydrogens is 271 g/mol. The Balaban J connectivity index is 2.41. The number of hydrogen-bond donors (Lipinski definition) is 1. The van der Waals surface area contributed by atoms with E-state index in [0.717, 1.165) is 11.3 Å². The predicted octanol–water partition coefficient (Wildman–Crippen LogP) is 4.14. The number of nitrogens with one attached hydrogen (secondary N) is 1. The zero-order chi connectivity index (χ0) is 13.3. The summed E-state index contributed by atoms with van der Waals surface area (Å²) in [7, 11) is 0. The molecule has 18 heavy (non-hydrogen) atoms. The van der Waals surface area contributed by atoms with Crippen LogP contribution in [-0.4, -0.2) is 9.97 Å². The van der Waals surface area contributed by atoms with Gasteiger partial charge in [-0.05, 0) is 25.5 Å². The van der Waals surface area contributed by atoms with Gasteiger partial charge in [-0.1, -0.05) is 36.0 Å². The van der Waals surface area contributed by atoms with E-state index in [4.69, 9.17) is 23.8 Å². The summed E-state index contributed by atoms with van der Waals surface area (Å²) in [4.78, 5) is 7.37. The van der Waals surface area contributed by atoms with Gasteiger partial charge in [-0.2, -0.15) is 0 Å². The minimum absolute atomic E-state index is 0.120. The lowest BCUT2D eigenvalue weighted by molar-refractivity contribution is 0.612. The van der Waals surface area contributed by atoms with Crippen molar-refractivity contribution in [1.82, 2.24) is 9.97 Å². The molecule has 1 heterocycles. The highest BCUT2D eigenvalue weighted by Crippen LogP contribution is 2.19. The Bertz CT molecular complexity index is 652. The highest BCUT2D eigenvalue weighted by atomic mass is 35.5. The van der Waals surface area contributed by atoms with Gasteiger partial charge in [-0.3, -0.25) is 0 Å². The quantitative estimate of drug-likeness (QED) is 0.839. The molecule has 0 bridgehead atoms. The molecule has 94 valence electrons. The smallest absolute Gasteiger partial charge is 0.145 e. The van der Waals surface area contributed by atoms with Crippen LogP contribution in [-0.2, 0) is 6.42 Å². The van der Waals surface area contributed by atoms with E-state index in [1.54, 1.807) is 12.1 Å². The summed E-state index contributed by atoms with van der Waals surface area (Å²) < 4.78 is 14.3. The van der Waals surface area contributed by atoms with Crippen LogP contribution in [0.15, 0.2) is 18.2 Å². The number of H-pyrrole nitrogens is 1. The first-order chi connectivity index (χ1) is 8.49. The molecule has 0 saturated heterocycles. The maximum absolute atomic E-state index is 13.8. The first-order valence-corrected chi connectivity index (χ1v) is 6.27. The number of benzene rings is 1. The molecule has 0 amide bonds. The van der Waals surface area contributed by atoms with E-state index in [-0.39, 0.29) is 5.02 Å². The molecule has 0 spiro atoms. The van der Waals surface area contributed by atoms with Crippen molar-refractivity contribution in [2.45, 2.75) is 20.3 Å². The predicted molar refractivity (Wildman–Crippen MR) is 73.1 cm³/mol. The lowest BCUT2D eigenvalue weighted by Crippen LogP contribution is -2.03. The maximum Gasteiger partial charge on any atom is 0.145 e. The number of halogens is 2. The van der Waals surface area contributed by atoms with Gasteiger partial charge in [0, 0.05) is 17.7 Å². The lowest BCUT2D eigenvalue weighted by Gasteiger charge is -2.07. The van der Waals surface area contributed by atoms with Gasteiger partial charge < -0.3 is 4.98 Å². The number of rotatable bonds is 2. The minimum Gasteiger partial charge on any atom is -0.347 e. The van der Waals surface area contributed by atoms with Gasteiger partial charge in [0.05, 0.1) is 5.02 Å². The first kappa shape index (κ1) is 13.2. The summed E-state index contributed by atoms with van der Waals surface area (Å²) in [6, 6.07) is 4.93. The minimum atomic E-state index is -0.404. The van der Waals surface area contributed by atoms with Crippen molar-refractivity contribution in [3.8, 4) is 0 Å². The molecule has 0 radical (unpaired) electrons. The molecule has 0 aliphatic heterocycles. The van der Waals surface area contributed by atoms with Crippen LogP contribution in [0.25, 0.3) is 0 Å². The Morgan fingerprint density at radius 1 is 1.39 bits per heavy atom. The summed E-state index contributed by atoms with van der Waals surface area (Å²) >= 11 is 10.9. The van der Waals surface area contributed by atoms with Crippen molar-refractivity contribution in [2.75, 3.05) is 0 Å². The SMILES string of the molecule is Cc1[nH]c(Cc2cccc(Cl)c2F)nc(=S)c1C. The molecule has 2 rings (SSSR count). The van der Waals surface area contributed by atoms with Crippen molar-refractivity contribution in [3.05, 3.63) is 56.3 Å². The molecule has 0 saturated carbocycles. The number of aromatic amines is 1. The fourth-order valence-corrected chi connectivity index (χ4v) is 2.11. The summed E-state index contributed by atoms with van der Waals surface area (Å²) in [5.41, 5.74) is 2.40. The number of aromatic nitrogens is 2. The van der Waals surface area contributed by atoms with E-state index >= 15 is 0 Å². The topological polar surface area (TPSA) is 28.7 Å². The Morgan fingerprint density at radius 2 is 2.11 bits per heavy atom. The van der Waals surface area contributed by atoms with Gasteiger partial charge in [-0.25, -0.2) is 9.37 Å². The molecule has 5 heteroatoms. The van der Waals surface area contributed by atoms with Gasteiger partial charge in [0.25, 0.3) is 0 Å².